The Bertz CT molecular complexity index is 565. The topological polar surface area (TPSA) is 134 Å². The molecule has 0 aliphatic carbocycles. The molecule has 0 fully saturated rings. The van der Waals surface area contributed by atoms with E-state index in [2.05, 4.69) is 0 Å². The summed E-state index contributed by atoms with van der Waals surface area (Å²) in [5.74, 6) is -2.31. The number of aliphatic hydroxyl groups is 2. The van der Waals surface area contributed by atoms with Crippen molar-refractivity contribution in [2.75, 3.05) is 39.6 Å². The fourth-order valence-electron chi connectivity index (χ4n) is 2.77. The lowest BCUT2D eigenvalue weighted by Crippen LogP contribution is -2.12. The minimum Gasteiger partial charge on any atom is -0.478 e. The molecule has 0 unspecified atom stereocenters. The van der Waals surface area contributed by atoms with E-state index in [1.165, 1.54) is 6.07 Å². The van der Waals surface area contributed by atoms with Crippen molar-refractivity contribution in [2.45, 2.75) is 38.5 Å². The molecule has 1 aromatic carbocycles. The van der Waals surface area contributed by atoms with Crippen molar-refractivity contribution >= 4 is 11.9 Å². The Morgan fingerprint density at radius 3 is 1.43 bits per heavy atom. The number of ether oxygens (including phenoxy) is 2. The van der Waals surface area contributed by atoms with Crippen LogP contribution in [0.5, 0.6) is 0 Å². The summed E-state index contributed by atoms with van der Waals surface area (Å²) in [6, 6.07) is 2.89. The summed E-state index contributed by atoms with van der Waals surface area (Å²) < 4.78 is 10.7. The van der Waals surface area contributed by atoms with Crippen LogP contribution in [0.1, 0.15) is 57.5 Å². The third kappa shape index (κ3) is 8.79. The molecule has 0 amide bonds. The number of aryl methyl sites for hydroxylation is 2. The van der Waals surface area contributed by atoms with Gasteiger partial charge in [0.1, 0.15) is 0 Å². The van der Waals surface area contributed by atoms with Crippen molar-refractivity contribution < 1.29 is 39.5 Å². The Labute approximate surface area is 164 Å². The van der Waals surface area contributed by atoms with Crippen molar-refractivity contribution in [2.24, 2.45) is 0 Å². The van der Waals surface area contributed by atoms with Crippen LogP contribution < -0.4 is 0 Å². The number of carboxylic acids is 2. The number of hydrogen-bond donors (Lipinski definition) is 4. The molecule has 1 rings (SSSR count). The number of aliphatic hydroxyl groups excluding tert-OH is 2. The fraction of sp³-hybridized carbons (Fsp3) is 0.600. The molecule has 0 saturated carbocycles. The van der Waals surface area contributed by atoms with E-state index in [0.717, 1.165) is 0 Å². The second-order valence-corrected chi connectivity index (χ2v) is 6.36. The van der Waals surface area contributed by atoms with Crippen LogP contribution in [-0.2, 0) is 22.3 Å². The SMILES string of the molecule is O=C(O)c1cc(C(=O)O)c(CCCOCCCO)cc1CCCOCCCO. The van der Waals surface area contributed by atoms with E-state index in [0.29, 0.717) is 76.1 Å². The molecular weight excluding hydrogens is 368 g/mol. The zero-order chi connectivity index (χ0) is 20.8. The second kappa shape index (κ2) is 14.1. The van der Waals surface area contributed by atoms with Crippen LogP contribution in [0.2, 0.25) is 0 Å². The number of hydrogen-bond acceptors (Lipinski definition) is 6. The fourth-order valence-corrected chi connectivity index (χ4v) is 2.77. The van der Waals surface area contributed by atoms with Gasteiger partial charge in [0.2, 0.25) is 0 Å². The van der Waals surface area contributed by atoms with Gasteiger partial charge in [0.25, 0.3) is 0 Å². The molecule has 0 heterocycles. The van der Waals surface area contributed by atoms with Crippen molar-refractivity contribution in [1.82, 2.24) is 0 Å². The Kier molecular flexibility index (Phi) is 12.1. The third-order valence-corrected chi connectivity index (χ3v) is 4.15. The first-order valence-corrected chi connectivity index (χ1v) is 9.50. The lowest BCUT2D eigenvalue weighted by molar-refractivity contribution is 0.0694. The van der Waals surface area contributed by atoms with Gasteiger partial charge in [0, 0.05) is 39.6 Å². The third-order valence-electron chi connectivity index (χ3n) is 4.15. The summed E-state index contributed by atoms with van der Waals surface area (Å²) in [4.78, 5) is 23.1. The Morgan fingerprint density at radius 2 is 1.07 bits per heavy atom. The van der Waals surface area contributed by atoms with Gasteiger partial charge in [0.05, 0.1) is 11.1 Å². The van der Waals surface area contributed by atoms with Gasteiger partial charge in [-0.2, -0.15) is 0 Å². The highest BCUT2D eigenvalue weighted by atomic mass is 16.5. The zero-order valence-corrected chi connectivity index (χ0v) is 16.1. The Hall–Kier alpha value is -2.00. The average Bonchev–Trinajstić information content (AvgIpc) is 2.66. The molecule has 28 heavy (non-hydrogen) atoms. The molecule has 0 atom stereocenters. The predicted octanol–water partition coefficient (Wildman–Crippen LogP) is 1.75. The van der Waals surface area contributed by atoms with Crippen molar-refractivity contribution in [3.63, 3.8) is 0 Å². The van der Waals surface area contributed by atoms with Gasteiger partial charge in [0.15, 0.2) is 0 Å². The first-order chi connectivity index (χ1) is 13.5. The summed E-state index contributed by atoms with van der Waals surface area (Å²) in [5.41, 5.74) is 1.16. The maximum absolute atomic E-state index is 11.6. The monoisotopic (exact) mass is 398 g/mol. The molecule has 0 aliphatic rings. The number of aromatic carboxylic acids is 2. The maximum atomic E-state index is 11.6. The largest absolute Gasteiger partial charge is 0.478 e. The summed E-state index contributed by atoms with van der Waals surface area (Å²) in [5, 5.41) is 36.3. The molecule has 0 aromatic heterocycles. The van der Waals surface area contributed by atoms with Crippen LogP contribution in [0.25, 0.3) is 0 Å². The molecule has 4 N–H and O–H groups in total. The predicted molar refractivity (Wildman–Crippen MR) is 102 cm³/mol. The van der Waals surface area contributed by atoms with E-state index < -0.39 is 11.9 Å². The number of carbonyl (C=O) groups is 2. The molecule has 0 saturated heterocycles. The van der Waals surface area contributed by atoms with Gasteiger partial charge in [-0.3, -0.25) is 0 Å². The quantitative estimate of drug-likeness (QED) is 0.310. The normalized spacial score (nSPS) is 10.9. The molecule has 0 bridgehead atoms. The minimum atomic E-state index is -1.16. The van der Waals surface area contributed by atoms with E-state index in [1.807, 2.05) is 0 Å². The van der Waals surface area contributed by atoms with Gasteiger partial charge < -0.3 is 29.9 Å². The highest BCUT2D eigenvalue weighted by Crippen LogP contribution is 2.21. The molecule has 0 radical (unpaired) electrons. The zero-order valence-electron chi connectivity index (χ0n) is 16.1. The highest BCUT2D eigenvalue weighted by Gasteiger charge is 2.18. The molecule has 8 heteroatoms. The van der Waals surface area contributed by atoms with Gasteiger partial charge in [-0.15, -0.1) is 0 Å². The van der Waals surface area contributed by atoms with Crippen molar-refractivity contribution in [1.29, 1.82) is 0 Å². The van der Waals surface area contributed by atoms with Crippen molar-refractivity contribution in [3.8, 4) is 0 Å². The standard InChI is InChI=1S/C20H30O8/c21-7-3-11-27-9-1-5-15-13-16(6-2-10-28-12-4-8-22)18(20(25)26)14-17(15)19(23)24/h13-14,21-22H,1-12H2,(H,23,24)(H,25,26). The summed E-state index contributed by atoms with van der Waals surface area (Å²) in [6.45, 7) is 1.89. The molecular formula is C20H30O8. The van der Waals surface area contributed by atoms with E-state index in [4.69, 9.17) is 19.7 Å². The number of benzene rings is 1. The van der Waals surface area contributed by atoms with E-state index in [1.54, 1.807) is 6.07 Å². The first kappa shape index (κ1) is 24.0. The van der Waals surface area contributed by atoms with E-state index in [9.17, 15) is 19.8 Å². The molecule has 1 aromatic rings. The second-order valence-electron chi connectivity index (χ2n) is 6.36. The Balaban J connectivity index is 2.79. The van der Waals surface area contributed by atoms with E-state index >= 15 is 0 Å². The van der Waals surface area contributed by atoms with Crippen LogP contribution in [0.15, 0.2) is 12.1 Å². The number of rotatable bonds is 16. The van der Waals surface area contributed by atoms with Gasteiger partial charge in [-0.05, 0) is 55.7 Å². The van der Waals surface area contributed by atoms with E-state index in [-0.39, 0.29) is 24.3 Å². The van der Waals surface area contributed by atoms with Crippen LogP contribution >= 0.6 is 0 Å². The smallest absolute Gasteiger partial charge is 0.335 e. The van der Waals surface area contributed by atoms with Gasteiger partial charge in [-0.25, -0.2) is 9.59 Å². The molecule has 8 nitrogen and oxygen atoms in total. The lowest BCUT2D eigenvalue weighted by Gasteiger charge is -2.13. The first-order valence-electron chi connectivity index (χ1n) is 9.50. The summed E-state index contributed by atoms with van der Waals surface area (Å²) in [6.07, 6.45) is 3.22. The summed E-state index contributed by atoms with van der Waals surface area (Å²) in [7, 11) is 0. The van der Waals surface area contributed by atoms with Gasteiger partial charge in [-0.1, -0.05) is 6.07 Å². The molecule has 0 aliphatic heterocycles. The van der Waals surface area contributed by atoms with Crippen LogP contribution in [-0.4, -0.2) is 72.0 Å². The van der Waals surface area contributed by atoms with Gasteiger partial charge >= 0.3 is 11.9 Å². The minimum absolute atomic E-state index is 0.00398. The van der Waals surface area contributed by atoms with Crippen molar-refractivity contribution in [3.05, 3.63) is 34.4 Å². The highest BCUT2D eigenvalue weighted by molar-refractivity contribution is 5.96. The molecule has 158 valence electrons. The van der Waals surface area contributed by atoms with Crippen LogP contribution in [0.3, 0.4) is 0 Å². The maximum Gasteiger partial charge on any atom is 0.335 e. The van der Waals surface area contributed by atoms with Crippen LogP contribution in [0, 0.1) is 0 Å². The Morgan fingerprint density at radius 1 is 0.679 bits per heavy atom. The lowest BCUT2D eigenvalue weighted by atomic mass is 9.93. The van der Waals surface area contributed by atoms with Crippen LogP contribution in [0.4, 0.5) is 0 Å². The average molecular weight is 398 g/mol. The molecule has 0 spiro atoms. The number of carboxylic acid groups (broad SMARTS) is 2. The summed E-state index contributed by atoms with van der Waals surface area (Å²) >= 11 is 0.